The van der Waals surface area contributed by atoms with Crippen LogP contribution in [0.1, 0.15) is 5.56 Å². The first kappa shape index (κ1) is 18.0. The molecule has 0 unspecified atom stereocenters. The standard InChI is InChI=1S/C21H17ClN4O2/c22-17-8-6-15(7-9-17)13-23-20(27)14-25-10-11-26-19(21(25)28)12-18(24-26)16-4-2-1-3-5-16/h1-12H,13-14H2,(H,23,27). The van der Waals surface area contributed by atoms with Crippen LogP contribution >= 0.6 is 11.6 Å². The van der Waals surface area contributed by atoms with Crippen LogP contribution < -0.4 is 10.9 Å². The van der Waals surface area contributed by atoms with Crippen LogP contribution in [0, 0.1) is 0 Å². The average Bonchev–Trinajstić information content (AvgIpc) is 3.16. The largest absolute Gasteiger partial charge is 0.350 e. The minimum absolute atomic E-state index is 0.0607. The first-order chi connectivity index (χ1) is 13.6. The van der Waals surface area contributed by atoms with Gasteiger partial charge in [-0.15, -0.1) is 0 Å². The highest BCUT2D eigenvalue weighted by Crippen LogP contribution is 2.17. The van der Waals surface area contributed by atoms with E-state index in [0.717, 1.165) is 11.1 Å². The molecule has 28 heavy (non-hydrogen) atoms. The lowest BCUT2D eigenvalue weighted by Crippen LogP contribution is -2.32. The van der Waals surface area contributed by atoms with Gasteiger partial charge in [0.15, 0.2) is 0 Å². The van der Waals surface area contributed by atoms with Crippen molar-refractivity contribution in [2.45, 2.75) is 13.1 Å². The van der Waals surface area contributed by atoms with Crippen molar-refractivity contribution in [3.8, 4) is 11.3 Å². The van der Waals surface area contributed by atoms with Gasteiger partial charge in [0.05, 0.1) is 5.69 Å². The van der Waals surface area contributed by atoms with Gasteiger partial charge in [-0.1, -0.05) is 54.1 Å². The Hall–Kier alpha value is -3.38. The summed E-state index contributed by atoms with van der Waals surface area (Å²) in [6.45, 7) is 0.312. The quantitative estimate of drug-likeness (QED) is 0.567. The molecule has 1 N–H and O–H groups in total. The second-order valence-electron chi connectivity index (χ2n) is 6.36. The Morgan fingerprint density at radius 1 is 1.04 bits per heavy atom. The van der Waals surface area contributed by atoms with Gasteiger partial charge in [-0.2, -0.15) is 5.10 Å². The summed E-state index contributed by atoms with van der Waals surface area (Å²) in [4.78, 5) is 25.0. The van der Waals surface area contributed by atoms with Gasteiger partial charge in [0, 0.05) is 29.5 Å². The van der Waals surface area contributed by atoms with Crippen LogP contribution in [-0.2, 0) is 17.9 Å². The van der Waals surface area contributed by atoms with E-state index in [1.54, 1.807) is 30.6 Å². The molecule has 1 amide bonds. The molecule has 0 aliphatic heterocycles. The molecule has 0 saturated heterocycles. The summed E-state index contributed by atoms with van der Waals surface area (Å²) in [6, 6.07) is 18.6. The van der Waals surface area contributed by atoms with Crippen molar-refractivity contribution in [3.63, 3.8) is 0 Å². The van der Waals surface area contributed by atoms with E-state index in [2.05, 4.69) is 10.4 Å². The smallest absolute Gasteiger partial charge is 0.277 e. The van der Waals surface area contributed by atoms with Gasteiger partial charge >= 0.3 is 0 Å². The van der Waals surface area contributed by atoms with E-state index in [-0.39, 0.29) is 18.0 Å². The predicted octanol–water partition coefficient (Wildman–Crippen LogP) is 3.13. The number of hydrogen-bond acceptors (Lipinski definition) is 3. The Morgan fingerprint density at radius 2 is 1.79 bits per heavy atom. The molecule has 0 bridgehead atoms. The van der Waals surface area contributed by atoms with Crippen LogP contribution in [0.3, 0.4) is 0 Å². The molecule has 140 valence electrons. The maximum absolute atomic E-state index is 12.7. The van der Waals surface area contributed by atoms with E-state index in [1.807, 2.05) is 42.5 Å². The van der Waals surface area contributed by atoms with E-state index >= 15 is 0 Å². The number of carbonyl (C=O) groups is 1. The number of rotatable bonds is 5. The number of carbonyl (C=O) groups excluding carboxylic acids is 1. The van der Waals surface area contributed by atoms with Gasteiger partial charge in [0.25, 0.3) is 5.56 Å². The molecule has 0 fully saturated rings. The fourth-order valence-corrected chi connectivity index (χ4v) is 3.04. The SMILES string of the molecule is O=C(Cn1ccn2nc(-c3ccccc3)cc2c1=O)NCc1ccc(Cl)cc1. The van der Waals surface area contributed by atoms with E-state index in [1.165, 1.54) is 9.08 Å². The summed E-state index contributed by atoms with van der Waals surface area (Å²) in [5, 5.41) is 7.89. The third kappa shape index (κ3) is 3.82. The number of nitrogens with one attached hydrogen (secondary N) is 1. The number of fused-ring (bicyclic) bond motifs is 1. The van der Waals surface area contributed by atoms with Crippen molar-refractivity contribution >= 4 is 23.0 Å². The van der Waals surface area contributed by atoms with E-state index in [0.29, 0.717) is 22.8 Å². The fraction of sp³-hybridized carbons (Fsp3) is 0.0952. The summed E-state index contributed by atoms with van der Waals surface area (Å²) >= 11 is 5.86. The summed E-state index contributed by atoms with van der Waals surface area (Å²) < 4.78 is 2.91. The lowest BCUT2D eigenvalue weighted by molar-refractivity contribution is -0.121. The second-order valence-corrected chi connectivity index (χ2v) is 6.80. The van der Waals surface area contributed by atoms with Crippen LogP contribution in [-0.4, -0.2) is 20.1 Å². The molecular weight excluding hydrogens is 376 g/mol. The molecule has 0 atom stereocenters. The van der Waals surface area contributed by atoms with Crippen LogP contribution in [0.5, 0.6) is 0 Å². The molecular formula is C21H17ClN4O2. The van der Waals surface area contributed by atoms with Crippen molar-refractivity contribution in [2.75, 3.05) is 0 Å². The van der Waals surface area contributed by atoms with Gasteiger partial charge in [0.1, 0.15) is 12.1 Å². The van der Waals surface area contributed by atoms with Crippen molar-refractivity contribution in [1.29, 1.82) is 0 Å². The third-order valence-electron chi connectivity index (χ3n) is 4.39. The van der Waals surface area contributed by atoms with E-state index in [4.69, 9.17) is 11.6 Å². The lowest BCUT2D eigenvalue weighted by Gasteiger charge is -2.08. The van der Waals surface area contributed by atoms with Crippen molar-refractivity contribution in [3.05, 3.63) is 94.0 Å². The molecule has 0 aliphatic rings. The normalized spacial score (nSPS) is 10.9. The van der Waals surface area contributed by atoms with Crippen molar-refractivity contribution in [1.82, 2.24) is 19.5 Å². The molecule has 2 aromatic carbocycles. The minimum atomic E-state index is -0.265. The maximum Gasteiger partial charge on any atom is 0.277 e. The average molecular weight is 393 g/mol. The van der Waals surface area contributed by atoms with Crippen LogP contribution in [0.15, 0.2) is 77.9 Å². The predicted molar refractivity (Wildman–Crippen MR) is 108 cm³/mol. The molecule has 4 aromatic rings. The van der Waals surface area contributed by atoms with Crippen LogP contribution in [0.4, 0.5) is 0 Å². The lowest BCUT2D eigenvalue weighted by atomic mass is 10.1. The Labute approximate surface area is 166 Å². The molecule has 0 radical (unpaired) electrons. The summed E-state index contributed by atoms with van der Waals surface area (Å²) in [5.41, 5.74) is 2.73. The number of aromatic nitrogens is 3. The first-order valence-corrected chi connectivity index (χ1v) is 9.13. The van der Waals surface area contributed by atoms with Gasteiger partial charge < -0.3 is 9.88 Å². The Kier molecular flexibility index (Phi) is 4.95. The zero-order chi connectivity index (χ0) is 19.5. The molecule has 2 heterocycles. The molecule has 4 rings (SSSR count). The molecule has 0 spiro atoms. The number of nitrogens with zero attached hydrogens (tertiary/aromatic N) is 3. The second kappa shape index (κ2) is 7.70. The van der Waals surface area contributed by atoms with Gasteiger partial charge in [-0.3, -0.25) is 9.59 Å². The first-order valence-electron chi connectivity index (χ1n) is 8.75. The highest BCUT2D eigenvalue weighted by atomic mass is 35.5. The monoisotopic (exact) mass is 392 g/mol. The van der Waals surface area contributed by atoms with E-state index < -0.39 is 0 Å². The Morgan fingerprint density at radius 3 is 2.54 bits per heavy atom. The Bertz CT molecular complexity index is 1180. The third-order valence-corrected chi connectivity index (χ3v) is 4.64. The zero-order valence-corrected chi connectivity index (χ0v) is 15.6. The number of hydrogen-bond donors (Lipinski definition) is 1. The van der Waals surface area contributed by atoms with Crippen LogP contribution in [0.2, 0.25) is 5.02 Å². The van der Waals surface area contributed by atoms with Crippen molar-refractivity contribution < 1.29 is 4.79 Å². The Balaban J connectivity index is 1.50. The zero-order valence-electron chi connectivity index (χ0n) is 14.9. The number of halogens is 1. The molecule has 7 heteroatoms. The highest BCUT2D eigenvalue weighted by molar-refractivity contribution is 6.30. The summed E-state index contributed by atoms with van der Waals surface area (Å²) in [5.74, 6) is -0.246. The maximum atomic E-state index is 12.7. The summed E-state index contributed by atoms with van der Waals surface area (Å²) in [6.07, 6.45) is 3.24. The van der Waals surface area contributed by atoms with E-state index in [9.17, 15) is 9.59 Å². The minimum Gasteiger partial charge on any atom is -0.350 e. The van der Waals surface area contributed by atoms with Crippen LogP contribution in [0.25, 0.3) is 16.8 Å². The number of amides is 1. The molecule has 2 aromatic heterocycles. The summed E-state index contributed by atoms with van der Waals surface area (Å²) in [7, 11) is 0. The van der Waals surface area contributed by atoms with Crippen molar-refractivity contribution in [2.24, 2.45) is 0 Å². The van der Waals surface area contributed by atoms with Gasteiger partial charge in [-0.05, 0) is 23.8 Å². The fourth-order valence-electron chi connectivity index (χ4n) is 2.91. The van der Waals surface area contributed by atoms with Gasteiger partial charge in [-0.25, -0.2) is 4.52 Å². The van der Waals surface area contributed by atoms with Gasteiger partial charge in [0.2, 0.25) is 5.91 Å². The number of benzene rings is 2. The molecule has 0 aliphatic carbocycles. The molecule has 6 nitrogen and oxygen atoms in total. The highest BCUT2D eigenvalue weighted by Gasteiger charge is 2.11. The molecule has 0 saturated carbocycles. The topological polar surface area (TPSA) is 68.4 Å².